The summed E-state index contributed by atoms with van der Waals surface area (Å²) in [5, 5.41) is 4.05. The molecule has 0 aliphatic heterocycles. The molecule has 1 aliphatic rings. The molecule has 7 nitrogen and oxygen atoms in total. The van der Waals surface area contributed by atoms with Gasteiger partial charge in [-0.05, 0) is 80.6 Å². The Kier molecular flexibility index (Phi) is 11.2. The Bertz CT molecular complexity index is 1520. The molecule has 0 aromatic heterocycles. The molecule has 1 fully saturated rings. The number of carbonyl (C=O) groups excluding carboxylic acids is 2. The third-order valence-electron chi connectivity index (χ3n) is 7.93. The second-order valence-electron chi connectivity index (χ2n) is 11.2. The van der Waals surface area contributed by atoms with Gasteiger partial charge in [0.05, 0.1) is 10.6 Å². The predicted molar refractivity (Wildman–Crippen MR) is 173 cm³/mol. The summed E-state index contributed by atoms with van der Waals surface area (Å²) in [7, 11) is -4.18. The zero-order valence-electron chi connectivity index (χ0n) is 24.9. The summed E-state index contributed by atoms with van der Waals surface area (Å²) in [4.78, 5) is 29.5. The van der Waals surface area contributed by atoms with E-state index in [0.717, 1.165) is 47.5 Å². The fourth-order valence-corrected chi connectivity index (χ4v) is 7.22. The summed E-state index contributed by atoms with van der Waals surface area (Å²) < 4.78 is 29.3. The molecule has 10 heteroatoms. The number of amides is 2. The van der Waals surface area contributed by atoms with Crippen LogP contribution in [0.1, 0.15) is 62.1 Å². The number of halogens is 2. The normalized spacial score (nSPS) is 14.6. The van der Waals surface area contributed by atoms with Crippen LogP contribution in [-0.4, -0.2) is 43.8 Å². The predicted octanol–water partition coefficient (Wildman–Crippen LogP) is 7.06. The Morgan fingerprint density at radius 3 is 2.16 bits per heavy atom. The van der Waals surface area contributed by atoms with Gasteiger partial charge in [0.15, 0.2) is 0 Å². The van der Waals surface area contributed by atoms with Crippen LogP contribution in [0.15, 0.2) is 71.6 Å². The minimum atomic E-state index is -4.18. The number of rotatable bonds is 11. The van der Waals surface area contributed by atoms with Crippen molar-refractivity contribution in [3.63, 3.8) is 0 Å². The lowest BCUT2D eigenvalue weighted by atomic mass is 9.95. The highest BCUT2D eigenvalue weighted by molar-refractivity contribution is 7.92. The molecule has 3 aromatic rings. The van der Waals surface area contributed by atoms with Crippen molar-refractivity contribution >= 4 is 50.7 Å². The Morgan fingerprint density at radius 1 is 0.907 bits per heavy atom. The van der Waals surface area contributed by atoms with Crippen LogP contribution in [0.4, 0.5) is 5.69 Å². The van der Waals surface area contributed by atoms with Crippen LogP contribution >= 0.6 is 23.2 Å². The molecule has 0 radical (unpaired) electrons. The quantitative estimate of drug-likeness (QED) is 0.242. The van der Waals surface area contributed by atoms with Gasteiger partial charge in [-0.25, -0.2) is 8.42 Å². The summed E-state index contributed by atoms with van der Waals surface area (Å²) in [6, 6.07) is 17.8. The lowest BCUT2D eigenvalue weighted by Crippen LogP contribution is -2.54. The summed E-state index contributed by atoms with van der Waals surface area (Å²) in [6.07, 6.45) is 5.44. The highest BCUT2D eigenvalue weighted by Crippen LogP contribution is 2.30. The van der Waals surface area contributed by atoms with Gasteiger partial charge >= 0.3 is 0 Å². The van der Waals surface area contributed by atoms with Crippen LogP contribution in [0.3, 0.4) is 0 Å². The van der Waals surface area contributed by atoms with Gasteiger partial charge in [0.2, 0.25) is 11.8 Å². The monoisotopic (exact) mass is 643 g/mol. The first-order valence-corrected chi connectivity index (χ1v) is 16.9. The van der Waals surface area contributed by atoms with E-state index in [0.29, 0.717) is 27.7 Å². The summed E-state index contributed by atoms with van der Waals surface area (Å²) in [5.41, 5.74) is 2.62. The van der Waals surface area contributed by atoms with Crippen molar-refractivity contribution in [2.45, 2.75) is 82.8 Å². The zero-order valence-corrected chi connectivity index (χ0v) is 27.2. The Labute approximate surface area is 265 Å². The second kappa shape index (κ2) is 14.6. The standard InChI is InChI=1S/C33H39Cl2N3O4S/c1-4-30(33(40)36-28-8-6-5-7-9-28)37(21-25-13-16-26(34)17-14-25)32(39)22-38(31-20-27(35)15-12-24(31)3)43(41,42)29-18-10-23(2)11-19-29/h10-20,28,30H,4-9,21-22H2,1-3H3,(H,36,40)/t30-/m1/s1. The minimum Gasteiger partial charge on any atom is -0.352 e. The molecule has 230 valence electrons. The van der Waals surface area contributed by atoms with E-state index in [-0.39, 0.29) is 23.4 Å². The van der Waals surface area contributed by atoms with E-state index in [2.05, 4.69) is 5.32 Å². The van der Waals surface area contributed by atoms with E-state index in [1.54, 1.807) is 61.5 Å². The largest absolute Gasteiger partial charge is 0.352 e. The first kappa shape index (κ1) is 32.8. The summed E-state index contributed by atoms with van der Waals surface area (Å²) in [5.74, 6) is -0.737. The number of hydrogen-bond donors (Lipinski definition) is 1. The van der Waals surface area contributed by atoms with Crippen molar-refractivity contribution in [3.8, 4) is 0 Å². The second-order valence-corrected chi connectivity index (χ2v) is 13.9. The average Bonchev–Trinajstić information content (AvgIpc) is 2.98. The SMILES string of the molecule is CC[C@H](C(=O)NC1CCCCC1)N(Cc1ccc(Cl)cc1)C(=O)CN(c1cc(Cl)ccc1C)S(=O)(=O)c1ccc(C)cc1. The van der Waals surface area contributed by atoms with Gasteiger partial charge in [0.1, 0.15) is 12.6 Å². The molecular weight excluding hydrogens is 605 g/mol. The summed E-state index contributed by atoms with van der Waals surface area (Å²) in [6.45, 7) is 5.09. The van der Waals surface area contributed by atoms with Crippen LogP contribution < -0.4 is 9.62 Å². The van der Waals surface area contributed by atoms with Gasteiger partial charge in [-0.1, -0.05) is 85.3 Å². The topological polar surface area (TPSA) is 86.8 Å². The molecule has 0 bridgehead atoms. The fourth-order valence-electron chi connectivity index (χ4n) is 5.45. The van der Waals surface area contributed by atoms with Crippen LogP contribution in [0.5, 0.6) is 0 Å². The summed E-state index contributed by atoms with van der Waals surface area (Å²) >= 11 is 12.4. The number of benzene rings is 3. The van der Waals surface area contributed by atoms with Gasteiger partial charge < -0.3 is 10.2 Å². The molecule has 0 heterocycles. The molecule has 43 heavy (non-hydrogen) atoms. The molecule has 2 amide bonds. The van der Waals surface area contributed by atoms with E-state index >= 15 is 0 Å². The molecule has 0 unspecified atom stereocenters. The van der Waals surface area contributed by atoms with Crippen molar-refractivity contribution in [1.29, 1.82) is 0 Å². The highest BCUT2D eigenvalue weighted by Gasteiger charge is 2.35. The van der Waals surface area contributed by atoms with Crippen molar-refractivity contribution in [2.75, 3.05) is 10.8 Å². The fraction of sp³-hybridized carbons (Fsp3) is 0.394. The molecular formula is C33H39Cl2N3O4S. The van der Waals surface area contributed by atoms with Crippen molar-refractivity contribution in [1.82, 2.24) is 10.2 Å². The van der Waals surface area contributed by atoms with Gasteiger partial charge in [-0.2, -0.15) is 0 Å². The molecule has 0 saturated heterocycles. The highest BCUT2D eigenvalue weighted by atomic mass is 35.5. The molecule has 1 aliphatic carbocycles. The lowest BCUT2D eigenvalue weighted by Gasteiger charge is -2.34. The molecule has 0 spiro atoms. The molecule has 1 N–H and O–H groups in total. The number of nitrogens with zero attached hydrogens (tertiary/aromatic N) is 2. The van der Waals surface area contributed by atoms with Gasteiger partial charge in [0, 0.05) is 22.6 Å². The van der Waals surface area contributed by atoms with Crippen LogP contribution in [0.2, 0.25) is 10.0 Å². The number of nitrogens with one attached hydrogen (secondary N) is 1. The van der Waals surface area contributed by atoms with E-state index < -0.39 is 28.5 Å². The first-order valence-electron chi connectivity index (χ1n) is 14.7. The van der Waals surface area contributed by atoms with Crippen molar-refractivity contribution in [2.24, 2.45) is 0 Å². The van der Waals surface area contributed by atoms with E-state index in [1.807, 2.05) is 13.8 Å². The maximum atomic E-state index is 14.3. The number of sulfonamides is 1. The number of aryl methyl sites for hydroxylation is 2. The molecule has 3 aromatic carbocycles. The van der Waals surface area contributed by atoms with Crippen LogP contribution in [-0.2, 0) is 26.2 Å². The number of hydrogen-bond acceptors (Lipinski definition) is 4. The van der Waals surface area contributed by atoms with E-state index in [4.69, 9.17) is 23.2 Å². The lowest BCUT2D eigenvalue weighted by molar-refractivity contribution is -0.140. The molecule has 4 rings (SSSR count). The Balaban J connectivity index is 1.73. The Hall–Kier alpha value is -3.07. The van der Waals surface area contributed by atoms with Crippen molar-refractivity contribution < 1.29 is 18.0 Å². The van der Waals surface area contributed by atoms with Gasteiger partial charge in [0.25, 0.3) is 10.0 Å². The third kappa shape index (κ3) is 8.31. The van der Waals surface area contributed by atoms with Crippen LogP contribution in [0.25, 0.3) is 0 Å². The average molecular weight is 645 g/mol. The van der Waals surface area contributed by atoms with Crippen LogP contribution in [0, 0.1) is 13.8 Å². The number of anilines is 1. The molecule has 1 atom stereocenters. The minimum absolute atomic E-state index is 0.0524. The number of carbonyl (C=O) groups is 2. The maximum absolute atomic E-state index is 14.3. The smallest absolute Gasteiger partial charge is 0.264 e. The van der Waals surface area contributed by atoms with Gasteiger partial charge in [-0.15, -0.1) is 0 Å². The van der Waals surface area contributed by atoms with E-state index in [9.17, 15) is 18.0 Å². The van der Waals surface area contributed by atoms with Gasteiger partial charge in [-0.3, -0.25) is 13.9 Å². The zero-order chi connectivity index (χ0) is 31.1. The first-order chi connectivity index (χ1) is 20.5. The Morgan fingerprint density at radius 2 is 1.53 bits per heavy atom. The third-order valence-corrected chi connectivity index (χ3v) is 10.2. The van der Waals surface area contributed by atoms with E-state index in [1.165, 1.54) is 17.0 Å². The molecule has 1 saturated carbocycles. The van der Waals surface area contributed by atoms with Crippen molar-refractivity contribution in [3.05, 3.63) is 93.5 Å². The maximum Gasteiger partial charge on any atom is 0.264 e.